The predicted molar refractivity (Wildman–Crippen MR) is 63.0 cm³/mol. The van der Waals surface area contributed by atoms with Gasteiger partial charge in [-0.25, -0.2) is 0 Å². The van der Waals surface area contributed by atoms with Gasteiger partial charge in [0.15, 0.2) is 0 Å². The molecule has 1 aliphatic carbocycles. The Morgan fingerprint density at radius 3 is 2.27 bits per heavy atom. The normalized spacial score (nSPS) is 21.5. The number of rotatable bonds is 2. The Morgan fingerprint density at radius 2 is 1.73 bits per heavy atom. The summed E-state index contributed by atoms with van der Waals surface area (Å²) in [7, 11) is 0. The summed E-state index contributed by atoms with van der Waals surface area (Å²) in [5.41, 5.74) is 0.292. The fourth-order valence-electron chi connectivity index (χ4n) is 2.51. The molecule has 1 atom stereocenters. The highest BCUT2D eigenvalue weighted by Crippen LogP contribution is 2.40. The number of hydrogen-bond donors (Lipinski definition) is 1. The van der Waals surface area contributed by atoms with Crippen LogP contribution in [0.25, 0.3) is 0 Å². The molecule has 0 spiro atoms. The number of benzene rings is 1. The van der Waals surface area contributed by atoms with E-state index in [2.05, 4.69) is 0 Å². The van der Waals surface area contributed by atoms with E-state index in [1.165, 1.54) is 12.8 Å². The topological polar surface area (TPSA) is 20.2 Å². The molecule has 82 valence electrons. The summed E-state index contributed by atoms with van der Waals surface area (Å²) in [6.07, 6.45) is 4.76. The highest BCUT2D eigenvalue weighted by Gasteiger charge is 2.35. The second-order valence-electron chi connectivity index (χ2n) is 4.64. The zero-order valence-electron chi connectivity index (χ0n) is 9.04. The third-order valence-corrected chi connectivity index (χ3v) is 3.83. The van der Waals surface area contributed by atoms with Gasteiger partial charge in [-0.1, -0.05) is 36.6 Å². The minimum Gasteiger partial charge on any atom is -0.385 e. The molecule has 1 aliphatic rings. The first-order valence-electron chi connectivity index (χ1n) is 5.59. The Morgan fingerprint density at radius 1 is 1.20 bits per heavy atom. The Labute approximate surface area is 96.1 Å². The van der Waals surface area contributed by atoms with Crippen LogP contribution in [0.4, 0.5) is 0 Å². The van der Waals surface area contributed by atoms with Gasteiger partial charge in [-0.05, 0) is 43.4 Å². The van der Waals surface area contributed by atoms with E-state index in [1.54, 1.807) is 0 Å². The van der Waals surface area contributed by atoms with Crippen molar-refractivity contribution >= 4 is 11.6 Å². The summed E-state index contributed by atoms with van der Waals surface area (Å²) < 4.78 is 0. The second-order valence-corrected chi connectivity index (χ2v) is 5.07. The fraction of sp³-hybridized carbons (Fsp3) is 0.538. The summed E-state index contributed by atoms with van der Waals surface area (Å²) in [4.78, 5) is 0. The van der Waals surface area contributed by atoms with Crippen LogP contribution < -0.4 is 0 Å². The highest BCUT2D eigenvalue weighted by molar-refractivity contribution is 6.30. The van der Waals surface area contributed by atoms with Crippen molar-refractivity contribution in [2.24, 2.45) is 5.92 Å². The molecule has 1 saturated carbocycles. The van der Waals surface area contributed by atoms with Crippen molar-refractivity contribution in [2.45, 2.75) is 38.2 Å². The SMILES string of the molecule is CC(O)(c1ccc(Cl)cc1)C1CCCC1. The molecule has 0 saturated heterocycles. The highest BCUT2D eigenvalue weighted by atomic mass is 35.5. The van der Waals surface area contributed by atoms with E-state index in [9.17, 15) is 5.11 Å². The van der Waals surface area contributed by atoms with E-state index < -0.39 is 5.60 Å². The van der Waals surface area contributed by atoms with Gasteiger partial charge in [0.1, 0.15) is 0 Å². The van der Waals surface area contributed by atoms with Crippen LogP contribution in [0.1, 0.15) is 38.2 Å². The molecule has 0 radical (unpaired) electrons. The van der Waals surface area contributed by atoms with Gasteiger partial charge in [-0.2, -0.15) is 0 Å². The molecule has 1 N–H and O–H groups in total. The van der Waals surface area contributed by atoms with Crippen LogP contribution in [0.15, 0.2) is 24.3 Å². The molecular weight excluding hydrogens is 208 g/mol. The average molecular weight is 225 g/mol. The van der Waals surface area contributed by atoms with Crippen LogP contribution >= 0.6 is 11.6 Å². The van der Waals surface area contributed by atoms with E-state index in [0.29, 0.717) is 5.92 Å². The van der Waals surface area contributed by atoms with E-state index in [4.69, 9.17) is 11.6 Å². The van der Waals surface area contributed by atoms with Crippen molar-refractivity contribution in [1.82, 2.24) is 0 Å². The first-order valence-corrected chi connectivity index (χ1v) is 5.97. The minimum atomic E-state index is -0.693. The Balaban J connectivity index is 2.23. The largest absolute Gasteiger partial charge is 0.385 e. The Hall–Kier alpha value is -0.530. The predicted octanol–water partition coefficient (Wildman–Crippen LogP) is 3.74. The van der Waals surface area contributed by atoms with Crippen molar-refractivity contribution in [2.75, 3.05) is 0 Å². The monoisotopic (exact) mass is 224 g/mol. The third-order valence-electron chi connectivity index (χ3n) is 3.58. The van der Waals surface area contributed by atoms with Gasteiger partial charge in [-0.3, -0.25) is 0 Å². The van der Waals surface area contributed by atoms with E-state index >= 15 is 0 Å². The molecule has 1 unspecified atom stereocenters. The van der Waals surface area contributed by atoms with E-state index in [0.717, 1.165) is 23.4 Å². The molecule has 1 nitrogen and oxygen atoms in total. The molecule has 0 aliphatic heterocycles. The zero-order chi connectivity index (χ0) is 10.9. The number of hydrogen-bond acceptors (Lipinski definition) is 1. The van der Waals surface area contributed by atoms with Gasteiger partial charge in [0.2, 0.25) is 0 Å². The van der Waals surface area contributed by atoms with Gasteiger partial charge in [-0.15, -0.1) is 0 Å². The smallest absolute Gasteiger partial charge is 0.0896 e. The molecule has 0 aromatic heterocycles. The molecule has 1 aromatic carbocycles. The fourth-order valence-corrected chi connectivity index (χ4v) is 2.64. The molecule has 0 heterocycles. The van der Waals surface area contributed by atoms with Crippen LogP contribution in [-0.2, 0) is 5.60 Å². The van der Waals surface area contributed by atoms with E-state index in [1.807, 2.05) is 31.2 Å². The zero-order valence-corrected chi connectivity index (χ0v) is 9.80. The lowest BCUT2D eigenvalue weighted by Gasteiger charge is -2.30. The lowest BCUT2D eigenvalue weighted by atomic mass is 9.82. The van der Waals surface area contributed by atoms with Gasteiger partial charge in [0.05, 0.1) is 5.60 Å². The van der Waals surface area contributed by atoms with Crippen LogP contribution in [0.3, 0.4) is 0 Å². The third kappa shape index (κ3) is 2.19. The Bertz CT molecular complexity index is 323. The number of halogens is 1. The Kier molecular flexibility index (Phi) is 3.03. The summed E-state index contributed by atoms with van der Waals surface area (Å²) >= 11 is 5.84. The molecule has 1 fully saturated rings. The lowest BCUT2D eigenvalue weighted by molar-refractivity contribution is -0.00331. The van der Waals surface area contributed by atoms with Crippen LogP contribution in [0, 0.1) is 5.92 Å². The van der Waals surface area contributed by atoms with Crippen LogP contribution in [0.2, 0.25) is 5.02 Å². The van der Waals surface area contributed by atoms with Gasteiger partial charge in [0.25, 0.3) is 0 Å². The molecular formula is C13H17ClO. The molecule has 0 amide bonds. The van der Waals surface area contributed by atoms with Gasteiger partial charge < -0.3 is 5.11 Å². The van der Waals surface area contributed by atoms with Crippen molar-refractivity contribution in [1.29, 1.82) is 0 Å². The summed E-state index contributed by atoms with van der Waals surface area (Å²) in [5, 5.41) is 11.3. The standard InChI is InChI=1S/C13H17ClO/c1-13(15,10-4-2-3-5-10)11-6-8-12(14)9-7-11/h6-10,15H,2-5H2,1H3. The molecule has 0 bridgehead atoms. The maximum absolute atomic E-state index is 10.5. The minimum absolute atomic E-state index is 0.402. The van der Waals surface area contributed by atoms with Gasteiger partial charge >= 0.3 is 0 Å². The summed E-state index contributed by atoms with van der Waals surface area (Å²) in [5.74, 6) is 0.402. The maximum Gasteiger partial charge on any atom is 0.0896 e. The molecule has 2 rings (SSSR count). The summed E-state index contributed by atoms with van der Waals surface area (Å²) in [6, 6.07) is 7.56. The molecule has 2 heteroatoms. The van der Waals surface area contributed by atoms with Crippen molar-refractivity contribution in [3.63, 3.8) is 0 Å². The van der Waals surface area contributed by atoms with Crippen LogP contribution in [0.5, 0.6) is 0 Å². The lowest BCUT2D eigenvalue weighted by Crippen LogP contribution is -2.29. The number of aliphatic hydroxyl groups is 1. The van der Waals surface area contributed by atoms with Gasteiger partial charge in [0, 0.05) is 5.02 Å². The second kappa shape index (κ2) is 4.15. The first-order chi connectivity index (χ1) is 7.10. The maximum atomic E-state index is 10.5. The van der Waals surface area contributed by atoms with Crippen molar-refractivity contribution < 1.29 is 5.11 Å². The quantitative estimate of drug-likeness (QED) is 0.812. The van der Waals surface area contributed by atoms with Crippen molar-refractivity contribution in [3.8, 4) is 0 Å². The molecule has 15 heavy (non-hydrogen) atoms. The molecule has 1 aromatic rings. The van der Waals surface area contributed by atoms with Crippen molar-refractivity contribution in [3.05, 3.63) is 34.9 Å². The summed E-state index contributed by atoms with van der Waals surface area (Å²) in [6.45, 7) is 1.92. The first kappa shape index (κ1) is 11.0. The average Bonchev–Trinajstić information content (AvgIpc) is 2.71. The van der Waals surface area contributed by atoms with Crippen LogP contribution in [-0.4, -0.2) is 5.11 Å². The van der Waals surface area contributed by atoms with E-state index in [-0.39, 0.29) is 0 Å².